The molecule has 1 aliphatic heterocycles. The molecule has 1 aromatic rings. The summed E-state index contributed by atoms with van der Waals surface area (Å²) < 4.78 is 31.9. The third-order valence-corrected chi connectivity index (χ3v) is 6.97. The van der Waals surface area contributed by atoms with Gasteiger partial charge in [0, 0.05) is 25.7 Å². The number of morpholine rings is 1. The molecule has 3 rings (SSSR count). The molecule has 1 N–H and O–H groups in total. The van der Waals surface area contributed by atoms with E-state index >= 15 is 0 Å². The van der Waals surface area contributed by atoms with Crippen molar-refractivity contribution >= 4 is 21.4 Å². The molecule has 144 valence electrons. The van der Waals surface area contributed by atoms with Crippen molar-refractivity contribution in [3.05, 3.63) is 28.3 Å². The number of hydrogen-bond acceptors (Lipinski definition) is 6. The highest BCUT2D eigenvalue weighted by Crippen LogP contribution is 2.31. The Kier molecular flexibility index (Phi) is 6.10. The van der Waals surface area contributed by atoms with Gasteiger partial charge in [0.2, 0.25) is 10.0 Å². The Balaban J connectivity index is 1.78. The van der Waals surface area contributed by atoms with E-state index in [4.69, 9.17) is 4.74 Å². The highest BCUT2D eigenvalue weighted by atomic mass is 32.2. The van der Waals surface area contributed by atoms with Crippen LogP contribution < -0.4 is 5.32 Å². The molecule has 0 aromatic heterocycles. The van der Waals surface area contributed by atoms with E-state index in [2.05, 4.69) is 5.32 Å². The number of nitrogens with one attached hydrogen (secondary N) is 1. The maximum absolute atomic E-state index is 12.7. The molecule has 1 aliphatic carbocycles. The molecule has 0 amide bonds. The zero-order valence-electron chi connectivity index (χ0n) is 14.7. The molecular formula is C17H25N3O5S. The van der Waals surface area contributed by atoms with Crippen LogP contribution in [0.3, 0.4) is 0 Å². The summed E-state index contributed by atoms with van der Waals surface area (Å²) in [6.45, 7) is 1.87. The molecule has 0 atom stereocenters. The first kappa shape index (κ1) is 19.1. The second-order valence-corrected chi connectivity index (χ2v) is 8.78. The lowest BCUT2D eigenvalue weighted by Crippen LogP contribution is -2.40. The number of benzene rings is 1. The summed E-state index contributed by atoms with van der Waals surface area (Å²) in [5.74, 6) is 0.514. The highest BCUT2D eigenvalue weighted by Gasteiger charge is 2.29. The van der Waals surface area contributed by atoms with Crippen molar-refractivity contribution in [1.82, 2.24) is 4.31 Å². The van der Waals surface area contributed by atoms with E-state index < -0.39 is 14.9 Å². The Morgan fingerprint density at radius 1 is 1.19 bits per heavy atom. The number of hydrogen-bond donors (Lipinski definition) is 1. The van der Waals surface area contributed by atoms with E-state index in [9.17, 15) is 18.5 Å². The number of sulfonamides is 1. The number of anilines is 1. The van der Waals surface area contributed by atoms with Crippen LogP contribution in [0.4, 0.5) is 11.4 Å². The molecule has 2 fully saturated rings. The molecule has 0 bridgehead atoms. The SMILES string of the molecule is O=[N+]([O-])c1cc(S(=O)(=O)N2CCOCC2)ccc1NCC1CCCCC1. The second kappa shape index (κ2) is 8.32. The summed E-state index contributed by atoms with van der Waals surface area (Å²) in [7, 11) is -3.75. The van der Waals surface area contributed by atoms with Crippen LogP contribution in [0.2, 0.25) is 0 Å². The smallest absolute Gasteiger partial charge is 0.293 e. The lowest BCUT2D eigenvalue weighted by molar-refractivity contribution is -0.384. The van der Waals surface area contributed by atoms with E-state index in [0.29, 0.717) is 31.4 Å². The van der Waals surface area contributed by atoms with Crippen LogP contribution in [0.1, 0.15) is 32.1 Å². The van der Waals surface area contributed by atoms with E-state index in [-0.39, 0.29) is 23.7 Å². The predicted octanol–water partition coefficient (Wildman–Crippen LogP) is 2.61. The zero-order valence-corrected chi connectivity index (χ0v) is 15.5. The van der Waals surface area contributed by atoms with Gasteiger partial charge in [-0.15, -0.1) is 0 Å². The third kappa shape index (κ3) is 4.33. The molecule has 26 heavy (non-hydrogen) atoms. The maximum atomic E-state index is 12.7. The number of nitro benzene ring substituents is 1. The van der Waals surface area contributed by atoms with Crippen molar-refractivity contribution in [3.8, 4) is 0 Å². The molecule has 1 saturated heterocycles. The molecular weight excluding hydrogens is 358 g/mol. The molecule has 1 heterocycles. The Morgan fingerprint density at radius 2 is 1.88 bits per heavy atom. The van der Waals surface area contributed by atoms with Gasteiger partial charge in [-0.25, -0.2) is 8.42 Å². The predicted molar refractivity (Wildman–Crippen MR) is 97.7 cm³/mol. The fourth-order valence-electron chi connectivity index (χ4n) is 3.55. The van der Waals surface area contributed by atoms with Crippen LogP contribution in [0.15, 0.2) is 23.1 Å². The minimum Gasteiger partial charge on any atom is -0.379 e. The lowest BCUT2D eigenvalue weighted by Gasteiger charge is -2.26. The van der Waals surface area contributed by atoms with Gasteiger partial charge in [-0.05, 0) is 30.9 Å². The molecule has 1 aromatic carbocycles. The van der Waals surface area contributed by atoms with Crippen molar-refractivity contribution in [2.45, 2.75) is 37.0 Å². The van der Waals surface area contributed by atoms with Gasteiger partial charge < -0.3 is 10.1 Å². The lowest BCUT2D eigenvalue weighted by atomic mass is 9.89. The van der Waals surface area contributed by atoms with Crippen LogP contribution in [0.5, 0.6) is 0 Å². The van der Waals surface area contributed by atoms with Gasteiger partial charge in [0.1, 0.15) is 5.69 Å². The fourth-order valence-corrected chi connectivity index (χ4v) is 4.98. The van der Waals surface area contributed by atoms with Crippen molar-refractivity contribution in [3.63, 3.8) is 0 Å². The largest absolute Gasteiger partial charge is 0.379 e. The van der Waals surface area contributed by atoms with E-state index in [1.807, 2.05) is 0 Å². The van der Waals surface area contributed by atoms with Gasteiger partial charge in [0.25, 0.3) is 5.69 Å². The third-order valence-electron chi connectivity index (χ3n) is 5.08. The Labute approximate surface area is 153 Å². The van der Waals surface area contributed by atoms with Crippen molar-refractivity contribution in [1.29, 1.82) is 0 Å². The Morgan fingerprint density at radius 3 is 2.54 bits per heavy atom. The van der Waals surface area contributed by atoms with E-state index in [1.54, 1.807) is 0 Å². The summed E-state index contributed by atoms with van der Waals surface area (Å²) in [4.78, 5) is 10.9. The Hall–Kier alpha value is -1.71. The minimum atomic E-state index is -3.75. The summed E-state index contributed by atoms with van der Waals surface area (Å²) in [5.41, 5.74) is 0.177. The number of rotatable bonds is 6. The van der Waals surface area contributed by atoms with Gasteiger partial charge in [-0.3, -0.25) is 10.1 Å². The molecule has 8 nitrogen and oxygen atoms in total. The summed E-state index contributed by atoms with van der Waals surface area (Å²) in [6, 6.07) is 4.11. The number of nitrogens with zero attached hydrogens (tertiary/aromatic N) is 2. The molecule has 1 saturated carbocycles. The van der Waals surface area contributed by atoms with Crippen molar-refractivity contribution in [2.75, 3.05) is 38.2 Å². The quantitative estimate of drug-likeness (QED) is 0.598. The first-order valence-corrected chi connectivity index (χ1v) is 10.5. The van der Waals surface area contributed by atoms with Crippen LogP contribution in [-0.4, -0.2) is 50.5 Å². The number of nitro groups is 1. The molecule has 0 radical (unpaired) electrons. The summed E-state index contributed by atoms with van der Waals surface area (Å²) in [6.07, 6.45) is 5.91. The van der Waals surface area contributed by atoms with Crippen LogP contribution in [-0.2, 0) is 14.8 Å². The van der Waals surface area contributed by atoms with E-state index in [1.165, 1.54) is 35.7 Å². The molecule has 9 heteroatoms. The summed E-state index contributed by atoms with van der Waals surface area (Å²) >= 11 is 0. The molecule has 0 unspecified atom stereocenters. The first-order chi connectivity index (χ1) is 12.5. The van der Waals surface area contributed by atoms with Crippen molar-refractivity contribution in [2.24, 2.45) is 5.92 Å². The second-order valence-electron chi connectivity index (χ2n) is 6.84. The average molecular weight is 383 g/mol. The standard InChI is InChI=1S/C17H25N3O5S/c21-20(22)17-12-15(26(23,24)19-8-10-25-11-9-19)6-7-16(17)18-13-14-4-2-1-3-5-14/h6-7,12,14,18H,1-5,8-11,13H2. The Bertz CT molecular complexity index is 741. The van der Waals surface area contributed by atoms with E-state index in [0.717, 1.165) is 18.9 Å². The van der Waals surface area contributed by atoms with Crippen LogP contribution in [0, 0.1) is 16.0 Å². The normalized spacial score (nSPS) is 20.0. The molecule has 2 aliphatic rings. The fraction of sp³-hybridized carbons (Fsp3) is 0.647. The van der Waals surface area contributed by atoms with Gasteiger partial charge in [-0.1, -0.05) is 19.3 Å². The monoisotopic (exact) mass is 383 g/mol. The van der Waals surface area contributed by atoms with Crippen LogP contribution in [0.25, 0.3) is 0 Å². The first-order valence-electron chi connectivity index (χ1n) is 9.08. The van der Waals surface area contributed by atoms with Gasteiger partial charge in [0.15, 0.2) is 0 Å². The van der Waals surface area contributed by atoms with Crippen molar-refractivity contribution < 1.29 is 18.1 Å². The molecule has 0 spiro atoms. The highest BCUT2D eigenvalue weighted by molar-refractivity contribution is 7.89. The topological polar surface area (TPSA) is 102 Å². The van der Waals surface area contributed by atoms with Gasteiger partial charge in [-0.2, -0.15) is 4.31 Å². The van der Waals surface area contributed by atoms with Crippen LogP contribution >= 0.6 is 0 Å². The summed E-state index contributed by atoms with van der Waals surface area (Å²) in [5, 5.41) is 14.6. The van der Waals surface area contributed by atoms with Gasteiger partial charge >= 0.3 is 0 Å². The number of ether oxygens (including phenoxy) is 1. The zero-order chi connectivity index (χ0) is 18.6. The maximum Gasteiger partial charge on any atom is 0.293 e. The minimum absolute atomic E-state index is 0.0469. The van der Waals surface area contributed by atoms with Gasteiger partial charge in [0.05, 0.1) is 23.0 Å². The average Bonchev–Trinajstić information content (AvgIpc) is 2.67.